The van der Waals surface area contributed by atoms with Crippen molar-refractivity contribution in [1.29, 1.82) is 0 Å². The van der Waals surface area contributed by atoms with Crippen LogP contribution in [0.3, 0.4) is 0 Å². The van der Waals surface area contributed by atoms with Crippen molar-refractivity contribution in [2.24, 2.45) is 4.99 Å². The molecule has 3 heteroatoms. The SMILES string of the molecule is CCOC(=O)C(Cc1ccc(-c2ccccc2)cc1)N=C(c1ccccc1)c1ccccc1. The van der Waals surface area contributed by atoms with Crippen LogP contribution in [0.5, 0.6) is 0 Å². The smallest absolute Gasteiger partial charge is 0.331 e. The normalized spacial score (nSPS) is 11.4. The van der Waals surface area contributed by atoms with Crippen LogP contribution in [0.2, 0.25) is 0 Å². The second-order valence-electron chi connectivity index (χ2n) is 7.74. The second-order valence-corrected chi connectivity index (χ2v) is 7.74. The minimum absolute atomic E-state index is 0.311. The molecule has 0 spiro atoms. The predicted molar refractivity (Wildman–Crippen MR) is 135 cm³/mol. The van der Waals surface area contributed by atoms with Crippen molar-refractivity contribution in [1.82, 2.24) is 0 Å². The van der Waals surface area contributed by atoms with Gasteiger partial charge in [-0.1, -0.05) is 115 Å². The highest BCUT2D eigenvalue weighted by atomic mass is 16.5. The lowest BCUT2D eigenvalue weighted by Gasteiger charge is -2.16. The maximum absolute atomic E-state index is 12.9. The van der Waals surface area contributed by atoms with E-state index in [1.54, 1.807) is 0 Å². The van der Waals surface area contributed by atoms with Gasteiger partial charge < -0.3 is 4.74 Å². The van der Waals surface area contributed by atoms with Gasteiger partial charge in [0, 0.05) is 17.5 Å². The van der Waals surface area contributed by atoms with E-state index < -0.39 is 6.04 Å². The molecule has 0 radical (unpaired) electrons. The van der Waals surface area contributed by atoms with Gasteiger partial charge in [-0.25, -0.2) is 4.79 Å². The zero-order valence-corrected chi connectivity index (χ0v) is 18.7. The Morgan fingerprint density at radius 3 is 1.70 bits per heavy atom. The summed E-state index contributed by atoms with van der Waals surface area (Å²) in [5.41, 5.74) is 6.08. The standard InChI is InChI=1S/C30H27NO2/c1-2-33-30(32)28(22-23-18-20-25(21-19-23)24-12-6-3-7-13-24)31-29(26-14-8-4-9-15-26)27-16-10-5-11-17-27/h3-21,28H,2,22H2,1H3. The van der Waals surface area contributed by atoms with Crippen LogP contribution in [0.4, 0.5) is 0 Å². The summed E-state index contributed by atoms with van der Waals surface area (Å²) >= 11 is 0. The zero-order chi connectivity index (χ0) is 22.9. The summed E-state index contributed by atoms with van der Waals surface area (Å²) in [4.78, 5) is 17.9. The summed E-state index contributed by atoms with van der Waals surface area (Å²) < 4.78 is 5.40. The first kappa shape index (κ1) is 22.2. The average Bonchev–Trinajstić information content (AvgIpc) is 2.88. The molecule has 1 atom stereocenters. The number of hydrogen-bond acceptors (Lipinski definition) is 3. The van der Waals surface area contributed by atoms with Crippen LogP contribution in [0.1, 0.15) is 23.6 Å². The Hall–Kier alpha value is -3.98. The zero-order valence-electron chi connectivity index (χ0n) is 18.7. The summed E-state index contributed by atoms with van der Waals surface area (Å²) in [5.74, 6) is -0.311. The summed E-state index contributed by atoms with van der Waals surface area (Å²) in [6.45, 7) is 2.15. The number of hydrogen-bond donors (Lipinski definition) is 0. The molecule has 3 nitrogen and oxygen atoms in total. The first-order valence-electron chi connectivity index (χ1n) is 11.2. The molecular formula is C30H27NO2. The van der Waals surface area contributed by atoms with E-state index in [2.05, 4.69) is 36.4 Å². The van der Waals surface area contributed by atoms with E-state index in [-0.39, 0.29) is 5.97 Å². The van der Waals surface area contributed by atoms with Crippen LogP contribution in [-0.4, -0.2) is 24.3 Å². The van der Waals surface area contributed by atoms with Crippen LogP contribution in [0.25, 0.3) is 11.1 Å². The molecule has 164 valence electrons. The number of nitrogens with zero attached hydrogens (tertiary/aromatic N) is 1. The van der Waals surface area contributed by atoms with Crippen LogP contribution in [0, 0.1) is 0 Å². The Morgan fingerprint density at radius 2 is 1.18 bits per heavy atom. The number of carbonyl (C=O) groups excluding carboxylic acids is 1. The van der Waals surface area contributed by atoms with Gasteiger partial charge in [-0.05, 0) is 23.6 Å². The summed E-state index contributed by atoms with van der Waals surface area (Å²) in [7, 11) is 0. The Labute approximate surface area is 195 Å². The van der Waals surface area contributed by atoms with Gasteiger partial charge in [-0.2, -0.15) is 0 Å². The monoisotopic (exact) mass is 433 g/mol. The van der Waals surface area contributed by atoms with E-state index in [1.807, 2.05) is 85.8 Å². The van der Waals surface area contributed by atoms with Crippen molar-refractivity contribution >= 4 is 11.7 Å². The van der Waals surface area contributed by atoms with E-state index in [0.29, 0.717) is 13.0 Å². The van der Waals surface area contributed by atoms with Gasteiger partial charge in [-0.15, -0.1) is 0 Å². The third-order valence-corrected chi connectivity index (χ3v) is 5.43. The molecule has 0 bridgehead atoms. The quantitative estimate of drug-likeness (QED) is 0.239. The number of rotatable bonds is 8. The van der Waals surface area contributed by atoms with Crippen molar-refractivity contribution < 1.29 is 9.53 Å². The topological polar surface area (TPSA) is 38.7 Å². The molecule has 4 aromatic rings. The highest BCUT2D eigenvalue weighted by molar-refractivity contribution is 6.13. The van der Waals surface area contributed by atoms with E-state index in [9.17, 15) is 4.79 Å². The number of aliphatic imine (C=N–C) groups is 1. The molecule has 0 aliphatic carbocycles. The molecule has 0 heterocycles. The lowest BCUT2D eigenvalue weighted by atomic mass is 9.99. The van der Waals surface area contributed by atoms with Gasteiger partial charge in [0.2, 0.25) is 0 Å². The largest absolute Gasteiger partial charge is 0.464 e. The summed E-state index contributed by atoms with van der Waals surface area (Å²) in [5, 5.41) is 0. The van der Waals surface area contributed by atoms with Crippen LogP contribution in [-0.2, 0) is 16.0 Å². The van der Waals surface area contributed by atoms with Crippen molar-refractivity contribution in [3.63, 3.8) is 0 Å². The molecule has 0 aliphatic rings. The molecule has 4 rings (SSSR count). The Bertz CT molecular complexity index is 1140. The van der Waals surface area contributed by atoms with E-state index in [1.165, 1.54) is 5.56 Å². The number of esters is 1. The number of ether oxygens (including phenoxy) is 1. The molecule has 0 saturated heterocycles. The van der Waals surface area contributed by atoms with Gasteiger partial charge in [-0.3, -0.25) is 4.99 Å². The van der Waals surface area contributed by atoms with Crippen LogP contribution >= 0.6 is 0 Å². The van der Waals surface area contributed by atoms with Gasteiger partial charge in [0.1, 0.15) is 0 Å². The van der Waals surface area contributed by atoms with Gasteiger partial charge in [0.15, 0.2) is 6.04 Å². The molecule has 0 fully saturated rings. The van der Waals surface area contributed by atoms with Crippen molar-refractivity contribution in [2.75, 3.05) is 6.61 Å². The van der Waals surface area contributed by atoms with E-state index in [4.69, 9.17) is 9.73 Å². The lowest BCUT2D eigenvalue weighted by Crippen LogP contribution is -2.26. The molecule has 0 aliphatic heterocycles. The summed E-state index contributed by atoms with van der Waals surface area (Å²) in [6.07, 6.45) is 0.469. The minimum Gasteiger partial charge on any atom is -0.464 e. The minimum atomic E-state index is -0.636. The van der Waals surface area contributed by atoms with Crippen LogP contribution in [0.15, 0.2) is 120 Å². The molecule has 0 N–H and O–H groups in total. The van der Waals surface area contributed by atoms with Crippen LogP contribution < -0.4 is 0 Å². The predicted octanol–water partition coefficient (Wildman–Crippen LogP) is 6.37. The first-order chi connectivity index (χ1) is 16.2. The first-order valence-corrected chi connectivity index (χ1v) is 11.2. The molecule has 0 amide bonds. The molecule has 0 saturated carbocycles. The average molecular weight is 434 g/mol. The fourth-order valence-corrected chi connectivity index (χ4v) is 3.77. The van der Waals surface area contributed by atoms with E-state index >= 15 is 0 Å². The molecule has 0 aromatic heterocycles. The van der Waals surface area contributed by atoms with Crippen molar-refractivity contribution in [2.45, 2.75) is 19.4 Å². The number of benzene rings is 4. The summed E-state index contributed by atoms with van der Waals surface area (Å²) in [6, 6.07) is 37.9. The number of carbonyl (C=O) groups is 1. The van der Waals surface area contributed by atoms with Gasteiger partial charge >= 0.3 is 5.97 Å². The third-order valence-electron chi connectivity index (χ3n) is 5.43. The van der Waals surface area contributed by atoms with Crippen molar-refractivity contribution in [3.8, 4) is 11.1 Å². The molecule has 1 unspecified atom stereocenters. The maximum atomic E-state index is 12.9. The fraction of sp³-hybridized carbons (Fsp3) is 0.133. The van der Waals surface area contributed by atoms with Gasteiger partial charge in [0.25, 0.3) is 0 Å². The Kier molecular flexibility index (Phi) is 7.44. The Balaban J connectivity index is 1.67. The molecular weight excluding hydrogens is 406 g/mol. The van der Waals surface area contributed by atoms with Crippen molar-refractivity contribution in [3.05, 3.63) is 132 Å². The molecule has 33 heavy (non-hydrogen) atoms. The fourth-order valence-electron chi connectivity index (χ4n) is 3.77. The highest BCUT2D eigenvalue weighted by Crippen LogP contribution is 2.21. The lowest BCUT2D eigenvalue weighted by molar-refractivity contribution is -0.144. The maximum Gasteiger partial charge on any atom is 0.331 e. The third kappa shape index (κ3) is 5.83. The molecule has 4 aromatic carbocycles. The van der Waals surface area contributed by atoms with Gasteiger partial charge in [0.05, 0.1) is 12.3 Å². The van der Waals surface area contributed by atoms with E-state index in [0.717, 1.165) is 28.0 Å². The second kappa shape index (κ2) is 11.1. The highest BCUT2D eigenvalue weighted by Gasteiger charge is 2.21. The Morgan fingerprint density at radius 1 is 0.697 bits per heavy atom.